The van der Waals surface area contributed by atoms with Gasteiger partial charge in [-0.05, 0) is 42.1 Å². The van der Waals surface area contributed by atoms with Gasteiger partial charge in [0.15, 0.2) is 0 Å². The summed E-state index contributed by atoms with van der Waals surface area (Å²) < 4.78 is 32.9. The fourth-order valence-electron chi connectivity index (χ4n) is 2.65. The number of sulfonamides is 1. The first-order valence-electron chi connectivity index (χ1n) is 6.86. The van der Waals surface area contributed by atoms with E-state index in [2.05, 4.69) is 4.72 Å². The zero-order valence-electron chi connectivity index (χ0n) is 11.8. The van der Waals surface area contributed by atoms with Gasteiger partial charge in [-0.25, -0.2) is 13.1 Å². The molecule has 5 nitrogen and oxygen atoms in total. The molecule has 0 radical (unpaired) electrons. The largest absolute Gasteiger partial charge is 0.468 e. The van der Waals surface area contributed by atoms with Gasteiger partial charge in [-0.2, -0.15) is 0 Å². The highest BCUT2D eigenvalue weighted by Gasteiger charge is 2.27. The van der Waals surface area contributed by atoms with Crippen molar-refractivity contribution < 1.29 is 17.6 Å². The molecule has 0 atom stereocenters. The number of rotatable bonds is 4. The number of hydrogen-bond donors (Lipinski definition) is 1. The molecule has 0 fully saturated rings. The van der Waals surface area contributed by atoms with Crippen LogP contribution < -0.4 is 4.72 Å². The van der Waals surface area contributed by atoms with Crippen LogP contribution in [0.5, 0.6) is 0 Å². The highest BCUT2D eigenvalue weighted by Crippen LogP contribution is 2.42. The standard InChI is InChI=1S/C16H11NO4S2/c18-16-12-5-1-4-11-14(7-6-13(22-16)15(11)12)23(19,20)17-9-10-3-2-8-21-10/h1-8,17H,9H2. The van der Waals surface area contributed by atoms with Gasteiger partial charge < -0.3 is 4.42 Å². The molecule has 7 heteroatoms. The lowest BCUT2D eigenvalue weighted by Gasteiger charge is -2.09. The third-order valence-corrected chi connectivity index (χ3v) is 6.12. The van der Waals surface area contributed by atoms with Crippen LogP contribution in [0.2, 0.25) is 0 Å². The smallest absolute Gasteiger partial charge is 0.241 e. The Morgan fingerprint density at radius 2 is 1.96 bits per heavy atom. The van der Waals surface area contributed by atoms with Gasteiger partial charge in [0.05, 0.1) is 17.7 Å². The topological polar surface area (TPSA) is 76.4 Å². The van der Waals surface area contributed by atoms with Crippen molar-refractivity contribution in [2.45, 2.75) is 16.3 Å². The normalized spacial score (nSPS) is 13.8. The van der Waals surface area contributed by atoms with E-state index in [1.54, 1.807) is 36.4 Å². The lowest BCUT2D eigenvalue weighted by molar-refractivity contribution is 0.109. The molecule has 0 aliphatic carbocycles. The lowest BCUT2D eigenvalue weighted by atomic mass is 10.1. The Bertz CT molecular complexity index is 1020. The third-order valence-electron chi connectivity index (χ3n) is 3.69. The summed E-state index contributed by atoms with van der Waals surface area (Å²) in [4.78, 5) is 12.9. The first-order chi connectivity index (χ1) is 11.1. The van der Waals surface area contributed by atoms with E-state index in [9.17, 15) is 13.2 Å². The molecule has 2 aromatic carbocycles. The van der Waals surface area contributed by atoms with Crippen LogP contribution in [0.15, 0.2) is 62.9 Å². The van der Waals surface area contributed by atoms with Crippen LogP contribution >= 0.6 is 11.8 Å². The minimum atomic E-state index is -3.72. The summed E-state index contributed by atoms with van der Waals surface area (Å²) in [5, 5.41) is 1.22. The van der Waals surface area contributed by atoms with E-state index in [1.807, 2.05) is 0 Å². The Morgan fingerprint density at radius 3 is 2.74 bits per heavy atom. The van der Waals surface area contributed by atoms with E-state index < -0.39 is 10.0 Å². The predicted octanol–water partition coefficient (Wildman–Crippen LogP) is 3.16. The molecule has 0 amide bonds. The number of carbonyl (C=O) groups is 1. The first-order valence-corrected chi connectivity index (χ1v) is 9.16. The second-order valence-electron chi connectivity index (χ2n) is 5.08. The van der Waals surface area contributed by atoms with Crippen LogP contribution in [-0.4, -0.2) is 13.5 Å². The molecule has 23 heavy (non-hydrogen) atoms. The van der Waals surface area contributed by atoms with Crippen LogP contribution in [0.1, 0.15) is 16.1 Å². The summed E-state index contributed by atoms with van der Waals surface area (Å²) in [7, 11) is -3.72. The van der Waals surface area contributed by atoms with Crippen molar-refractivity contribution >= 4 is 37.7 Å². The van der Waals surface area contributed by atoms with Crippen LogP contribution in [0.25, 0.3) is 10.8 Å². The molecule has 1 aromatic heterocycles. The molecular formula is C16H11NO4S2. The maximum atomic E-state index is 12.6. The SMILES string of the molecule is O=C1Sc2ccc(S(=O)(=O)NCc3ccco3)c3cccc1c23. The van der Waals surface area contributed by atoms with Crippen molar-refractivity contribution in [1.29, 1.82) is 0 Å². The summed E-state index contributed by atoms with van der Waals surface area (Å²) in [6.45, 7) is 0.0753. The summed E-state index contributed by atoms with van der Waals surface area (Å²) in [6.07, 6.45) is 1.49. The molecule has 0 bridgehead atoms. The Labute approximate surface area is 136 Å². The van der Waals surface area contributed by atoms with Gasteiger partial charge in [0.2, 0.25) is 15.1 Å². The van der Waals surface area contributed by atoms with Crippen molar-refractivity contribution in [2.75, 3.05) is 0 Å². The molecule has 0 saturated carbocycles. The second kappa shape index (κ2) is 5.23. The molecule has 3 aromatic rings. The average molecular weight is 345 g/mol. The molecule has 0 saturated heterocycles. The van der Waals surface area contributed by atoms with E-state index >= 15 is 0 Å². The average Bonchev–Trinajstić information content (AvgIpc) is 3.16. The minimum Gasteiger partial charge on any atom is -0.468 e. The molecule has 0 spiro atoms. The molecule has 1 N–H and O–H groups in total. The van der Waals surface area contributed by atoms with E-state index in [-0.39, 0.29) is 16.6 Å². The second-order valence-corrected chi connectivity index (χ2v) is 7.83. The highest BCUT2D eigenvalue weighted by molar-refractivity contribution is 8.14. The van der Waals surface area contributed by atoms with Crippen LogP contribution in [0.3, 0.4) is 0 Å². The van der Waals surface area contributed by atoms with E-state index in [1.165, 1.54) is 12.3 Å². The van der Waals surface area contributed by atoms with Gasteiger partial charge in [-0.1, -0.05) is 12.1 Å². The number of carbonyl (C=O) groups excluding carboxylic acids is 1. The Morgan fingerprint density at radius 1 is 1.09 bits per heavy atom. The molecule has 2 heterocycles. The van der Waals surface area contributed by atoms with Gasteiger partial charge in [-0.3, -0.25) is 4.79 Å². The van der Waals surface area contributed by atoms with Gasteiger partial charge in [0.25, 0.3) is 0 Å². The molecule has 1 aliphatic heterocycles. The monoisotopic (exact) mass is 345 g/mol. The summed E-state index contributed by atoms with van der Waals surface area (Å²) >= 11 is 1.13. The zero-order valence-corrected chi connectivity index (χ0v) is 13.4. The maximum Gasteiger partial charge on any atom is 0.241 e. The molecule has 4 rings (SSSR count). The van der Waals surface area contributed by atoms with Gasteiger partial charge in [-0.15, -0.1) is 0 Å². The summed E-state index contributed by atoms with van der Waals surface area (Å²) in [5.74, 6) is 0.533. The van der Waals surface area contributed by atoms with Gasteiger partial charge in [0.1, 0.15) is 5.76 Å². The van der Waals surface area contributed by atoms with Crippen molar-refractivity contribution in [1.82, 2.24) is 4.72 Å². The molecule has 0 unspecified atom stereocenters. The van der Waals surface area contributed by atoms with Crippen molar-refractivity contribution in [3.8, 4) is 0 Å². The summed E-state index contributed by atoms with van der Waals surface area (Å²) in [5.41, 5.74) is 0.561. The highest BCUT2D eigenvalue weighted by atomic mass is 32.2. The number of nitrogens with one attached hydrogen (secondary N) is 1. The van der Waals surface area contributed by atoms with Crippen LogP contribution in [0, 0.1) is 0 Å². The van der Waals surface area contributed by atoms with Crippen LogP contribution in [0.4, 0.5) is 0 Å². The van der Waals surface area contributed by atoms with E-state index in [4.69, 9.17) is 4.42 Å². The van der Waals surface area contributed by atoms with Crippen LogP contribution in [-0.2, 0) is 16.6 Å². The van der Waals surface area contributed by atoms with Gasteiger partial charge in [0, 0.05) is 21.2 Å². The Hall–Kier alpha value is -2.09. The number of benzene rings is 2. The van der Waals surface area contributed by atoms with Crippen molar-refractivity contribution in [2.24, 2.45) is 0 Å². The summed E-state index contributed by atoms with van der Waals surface area (Å²) in [6, 6.07) is 11.8. The predicted molar refractivity (Wildman–Crippen MR) is 86.9 cm³/mol. The van der Waals surface area contributed by atoms with Crippen molar-refractivity contribution in [3.05, 3.63) is 60.1 Å². The third kappa shape index (κ3) is 2.37. The molecule has 1 aliphatic rings. The maximum absolute atomic E-state index is 12.6. The van der Waals surface area contributed by atoms with Gasteiger partial charge >= 0.3 is 0 Å². The van der Waals surface area contributed by atoms with Crippen molar-refractivity contribution in [3.63, 3.8) is 0 Å². The minimum absolute atomic E-state index is 0.0521. The quantitative estimate of drug-likeness (QED) is 0.786. The molecular weight excluding hydrogens is 334 g/mol. The number of hydrogen-bond acceptors (Lipinski definition) is 5. The Kier molecular flexibility index (Phi) is 3.29. The molecule has 116 valence electrons. The number of thioether (sulfide) groups is 1. The van der Waals surface area contributed by atoms with E-state index in [0.717, 1.165) is 16.7 Å². The lowest BCUT2D eigenvalue weighted by Crippen LogP contribution is -2.23. The van der Waals surface area contributed by atoms with E-state index in [0.29, 0.717) is 22.1 Å². The fraction of sp³-hybridized carbons (Fsp3) is 0.0625. The first kappa shape index (κ1) is 14.5. The number of furan rings is 1. The Balaban J connectivity index is 1.80. The zero-order chi connectivity index (χ0) is 16.0. The fourth-order valence-corrected chi connectivity index (χ4v) is 4.78.